The van der Waals surface area contributed by atoms with E-state index in [1.165, 1.54) is 16.0 Å². The minimum atomic E-state index is -4.68. The van der Waals surface area contributed by atoms with Crippen molar-refractivity contribution in [3.63, 3.8) is 0 Å². The minimum absolute atomic E-state index is 0.0508. The van der Waals surface area contributed by atoms with Crippen LogP contribution in [0.15, 0.2) is 59.5 Å². The number of sulfone groups is 1. The van der Waals surface area contributed by atoms with E-state index in [0.717, 1.165) is 55.6 Å². The van der Waals surface area contributed by atoms with E-state index in [-0.39, 0.29) is 55.7 Å². The van der Waals surface area contributed by atoms with E-state index in [9.17, 15) is 35.2 Å². The SMILES string of the molecule is C[C@H](Oc1ccc(S(C)(=O)=O)cc1C(=O)N1Cc2ccc(C3(F)COC3)cc2C1)C(F)(F)F.FC1(c2ccc3c(c2)CNC3)COC1. The van der Waals surface area contributed by atoms with Gasteiger partial charge in [-0.15, -0.1) is 0 Å². The molecule has 0 unspecified atom stereocenters. The number of hydrogen-bond acceptors (Lipinski definition) is 7. The molecular weight excluding hydrogens is 647 g/mol. The number of amides is 1. The second-order valence-corrected chi connectivity index (χ2v) is 14.4. The van der Waals surface area contributed by atoms with Crippen molar-refractivity contribution in [2.24, 2.45) is 0 Å². The largest absolute Gasteiger partial charge is 0.480 e. The number of nitrogens with one attached hydrogen (secondary N) is 1. The van der Waals surface area contributed by atoms with Gasteiger partial charge in [0.05, 0.1) is 36.9 Å². The summed E-state index contributed by atoms with van der Waals surface area (Å²) >= 11 is 0. The highest BCUT2D eigenvalue weighted by Crippen LogP contribution is 2.38. The maximum atomic E-state index is 14.7. The first-order valence-electron chi connectivity index (χ1n) is 14.9. The Balaban J connectivity index is 0.000000227. The Bertz CT molecular complexity index is 1810. The molecule has 4 aliphatic heterocycles. The van der Waals surface area contributed by atoms with Gasteiger partial charge in [-0.2, -0.15) is 13.2 Å². The molecular formula is C33H33F5N2O6S. The number of nitrogens with zero attached hydrogens (tertiary/aromatic N) is 1. The van der Waals surface area contributed by atoms with Gasteiger partial charge in [-0.05, 0) is 58.5 Å². The van der Waals surface area contributed by atoms with Crippen LogP contribution in [0.1, 0.15) is 50.7 Å². The lowest BCUT2D eigenvalue weighted by Gasteiger charge is -2.34. The van der Waals surface area contributed by atoms with E-state index in [1.54, 1.807) is 18.2 Å². The van der Waals surface area contributed by atoms with Crippen LogP contribution in [0.4, 0.5) is 22.0 Å². The van der Waals surface area contributed by atoms with E-state index >= 15 is 0 Å². The fourth-order valence-corrected chi connectivity index (χ4v) is 6.37. The molecule has 8 nitrogen and oxygen atoms in total. The summed E-state index contributed by atoms with van der Waals surface area (Å²) in [5.74, 6) is -1.06. The normalized spacial score (nSPS) is 19.8. The molecule has 1 N–H and O–H groups in total. The van der Waals surface area contributed by atoms with Crippen molar-refractivity contribution in [1.29, 1.82) is 0 Å². The van der Waals surface area contributed by atoms with Crippen LogP contribution in [0.5, 0.6) is 5.75 Å². The summed E-state index contributed by atoms with van der Waals surface area (Å²) in [5.41, 5.74) is 2.09. The Morgan fingerprint density at radius 2 is 1.40 bits per heavy atom. The average Bonchev–Trinajstić information content (AvgIpc) is 3.64. The molecule has 14 heteroatoms. The zero-order chi connectivity index (χ0) is 33.8. The van der Waals surface area contributed by atoms with Crippen molar-refractivity contribution in [3.05, 3.63) is 93.5 Å². The van der Waals surface area contributed by atoms with Crippen molar-refractivity contribution in [1.82, 2.24) is 10.2 Å². The lowest BCUT2D eigenvalue weighted by atomic mass is 9.91. The third-order valence-corrected chi connectivity index (χ3v) is 9.90. The molecule has 0 aromatic heterocycles. The molecule has 2 saturated heterocycles. The van der Waals surface area contributed by atoms with Gasteiger partial charge in [0.15, 0.2) is 27.3 Å². The summed E-state index contributed by atoms with van der Waals surface area (Å²) in [4.78, 5) is 14.4. The highest BCUT2D eigenvalue weighted by Gasteiger charge is 2.43. The minimum Gasteiger partial charge on any atom is -0.480 e. The van der Waals surface area contributed by atoms with Gasteiger partial charge >= 0.3 is 6.18 Å². The van der Waals surface area contributed by atoms with Crippen molar-refractivity contribution < 1.29 is 49.4 Å². The zero-order valence-corrected chi connectivity index (χ0v) is 26.4. The molecule has 0 radical (unpaired) electrons. The molecule has 0 spiro atoms. The van der Waals surface area contributed by atoms with Gasteiger partial charge in [-0.25, -0.2) is 17.2 Å². The number of hydrogen-bond donors (Lipinski definition) is 1. The van der Waals surface area contributed by atoms with E-state index in [0.29, 0.717) is 11.1 Å². The molecule has 0 aliphatic carbocycles. The number of rotatable bonds is 6. The van der Waals surface area contributed by atoms with Crippen LogP contribution in [0.2, 0.25) is 0 Å². The van der Waals surface area contributed by atoms with Crippen LogP contribution in [0, 0.1) is 0 Å². The van der Waals surface area contributed by atoms with Crippen LogP contribution < -0.4 is 10.1 Å². The van der Waals surface area contributed by atoms with Crippen molar-refractivity contribution in [2.45, 2.75) is 61.6 Å². The molecule has 3 aromatic carbocycles. The summed E-state index contributed by atoms with van der Waals surface area (Å²) in [6, 6.07) is 14.0. The van der Waals surface area contributed by atoms with Gasteiger partial charge in [0, 0.05) is 32.4 Å². The van der Waals surface area contributed by atoms with Gasteiger partial charge in [0.1, 0.15) is 5.75 Å². The predicted molar refractivity (Wildman–Crippen MR) is 160 cm³/mol. The highest BCUT2D eigenvalue weighted by atomic mass is 32.2. The van der Waals surface area contributed by atoms with Crippen LogP contribution in [0.3, 0.4) is 0 Å². The molecule has 7 rings (SSSR count). The number of alkyl halides is 5. The van der Waals surface area contributed by atoms with Crippen molar-refractivity contribution in [2.75, 3.05) is 32.7 Å². The Labute approximate surface area is 268 Å². The summed E-state index contributed by atoms with van der Waals surface area (Å²) in [6.45, 7) is 3.11. The average molecular weight is 681 g/mol. The lowest BCUT2D eigenvalue weighted by molar-refractivity contribution is -0.189. The number of benzene rings is 3. The van der Waals surface area contributed by atoms with Gasteiger partial charge in [-0.1, -0.05) is 36.4 Å². The summed E-state index contributed by atoms with van der Waals surface area (Å²) in [6.07, 6.45) is -5.96. The Hall–Kier alpha value is -3.59. The fourth-order valence-electron chi connectivity index (χ4n) is 5.72. The smallest absolute Gasteiger partial charge is 0.425 e. The summed E-state index contributed by atoms with van der Waals surface area (Å²) in [5, 5.41) is 3.25. The van der Waals surface area contributed by atoms with Crippen LogP contribution in [0.25, 0.3) is 0 Å². The quantitative estimate of drug-likeness (QED) is 0.356. The maximum absolute atomic E-state index is 14.7. The lowest BCUT2D eigenvalue weighted by Crippen LogP contribution is -2.42. The molecule has 0 saturated carbocycles. The van der Waals surface area contributed by atoms with Crippen LogP contribution in [-0.2, 0) is 56.8 Å². The number of carbonyl (C=O) groups is 1. The molecule has 47 heavy (non-hydrogen) atoms. The van der Waals surface area contributed by atoms with Gasteiger partial charge in [0.2, 0.25) is 0 Å². The summed E-state index contributed by atoms with van der Waals surface area (Å²) < 4.78 is 107. The van der Waals surface area contributed by atoms with E-state index in [1.807, 2.05) is 18.2 Å². The predicted octanol–water partition coefficient (Wildman–Crippen LogP) is 5.26. The standard InChI is InChI=1S/C22H21F4NO5S.C11H12FNO/c1-13(22(24,25)26)32-19-6-5-17(33(2,29)30)8-18(19)20(28)27-9-14-3-4-16(7-15(14)10-27)21(23)11-31-12-21;12-11(6-14-7-11)10-2-1-8-4-13-5-9(8)3-10/h3-8,13H,9-12H2,1-2H3;1-3,13H,4-7H2/t13-;/m0./s1. The fraction of sp³-hybridized carbons (Fsp3) is 0.424. The first-order chi connectivity index (χ1) is 22.1. The molecule has 1 amide bonds. The maximum Gasteiger partial charge on any atom is 0.425 e. The molecule has 4 aliphatic rings. The number of ether oxygens (including phenoxy) is 3. The number of halogens is 5. The monoisotopic (exact) mass is 680 g/mol. The molecule has 3 aromatic rings. The molecule has 4 heterocycles. The van der Waals surface area contributed by atoms with Crippen molar-refractivity contribution >= 4 is 15.7 Å². The van der Waals surface area contributed by atoms with Crippen molar-refractivity contribution in [3.8, 4) is 5.75 Å². The van der Waals surface area contributed by atoms with Gasteiger partial charge < -0.3 is 24.4 Å². The number of carbonyl (C=O) groups excluding carboxylic acids is 1. The molecule has 1 atom stereocenters. The van der Waals surface area contributed by atoms with Crippen LogP contribution >= 0.6 is 0 Å². The Morgan fingerprint density at radius 1 is 0.851 bits per heavy atom. The Morgan fingerprint density at radius 3 is 1.96 bits per heavy atom. The topological polar surface area (TPSA) is 94.2 Å². The second-order valence-electron chi connectivity index (χ2n) is 12.4. The second kappa shape index (κ2) is 12.1. The van der Waals surface area contributed by atoms with Gasteiger partial charge in [-0.3, -0.25) is 4.79 Å². The highest BCUT2D eigenvalue weighted by molar-refractivity contribution is 7.90. The molecule has 252 valence electrons. The van der Waals surface area contributed by atoms with E-state index in [4.69, 9.17) is 14.2 Å². The van der Waals surface area contributed by atoms with Crippen LogP contribution in [-0.4, -0.2) is 64.2 Å². The first-order valence-corrected chi connectivity index (χ1v) is 16.8. The number of fused-ring (bicyclic) bond motifs is 2. The van der Waals surface area contributed by atoms with E-state index in [2.05, 4.69) is 5.32 Å². The molecule has 0 bridgehead atoms. The summed E-state index contributed by atoms with van der Waals surface area (Å²) in [7, 11) is -3.73. The van der Waals surface area contributed by atoms with Gasteiger partial charge in [0.25, 0.3) is 5.91 Å². The third-order valence-electron chi connectivity index (χ3n) is 8.79. The third kappa shape index (κ3) is 6.73. The first kappa shape index (κ1) is 33.3. The zero-order valence-electron chi connectivity index (χ0n) is 25.6. The van der Waals surface area contributed by atoms with E-state index < -0.39 is 39.4 Å². The molecule has 2 fully saturated rings. The Kier molecular flexibility index (Phi) is 8.60.